The van der Waals surface area contributed by atoms with Crippen LogP contribution in [0.3, 0.4) is 0 Å². The van der Waals surface area contributed by atoms with Crippen molar-refractivity contribution in [2.75, 3.05) is 0 Å². The Balaban J connectivity index is 2.16. The van der Waals surface area contributed by atoms with Gasteiger partial charge in [0, 0.05) is 26.8 Å². The summed E-state index contributed by atoms with van der Waals surface area (Å²) < 4.78 is 2.07. The number of thiazole rings is 1. The molecular formula is C12H12Br2N2S. The molecular weight excluding hydrogens is 364 g/mol. The predicted octanol–water partition coefficient (Wildman–Crippen LogP) is 4.22. The Morgan fingerprint density at radius 3 is 2.47 bits per heavy atom. The van der Waals surface area contributed by atoms with Gasteiger partial charge in [-0.05, 0) is 30.7 Å². The van der Waals surface area contributed by atoms with Crippen LogP contribution in [0.15, 0.2) is 32.5 Å². The lowest BCUT2D eigenvalue weighted by Gasteiger charge is -2.11. The molecule has 2 nitrogen and oxygen atoms in total. The number of halogens is 2. The summed E-state index contributed by atoms with van der Waals surface area (Å²) in [6, 6.07) is 6.08. The third-order valence-electron chi connectivity index (χ3n) is 2.41. The van der Waals surface area contributed by atoms with Crippen molar-refractivity contribution < 1.29 is 0 Å². The van der Waals surface area contributed by atoms with Gasteiger partial charge in [0.05, 0.1) is 10.7 Å². The van der Waals surface area contributed by atoms with Crippen LogP contribution in [0.25, 0.3) is 0 Å². The molecule has 0 saturated heterocycles. The van der Waals surface area contributed by atoms with Crippen molar-refractivity contribution in [2.45, 2.75) is 19.4 Å². The molecule has 1 aromatic heterocycles. The molecule has 1 heterocycles. The third kappa shape index (κ3) is 3.61. The van der Waals surface area contributed by atoms with E-state index in [-0.39, 0.29) is 6.04 Å². The molecule has 0 aliphatic heterocycles. The van der Waals surface area contributed by atoms with E-state index in [1.165, 1.54) is 0 Å². The number of hydrogen-bond donors (Lipinski definition) is 1. The smallest absolute Gasteiger partial charge is 0.0897 e. The minimum atomic E-state index is -0.0229. The second kappa shape index (κ2) is 5.61. The maximum atomic E-state index is 6.20. The molecule has 0 radical (unpaired) electrons. The Hall–Kier alpha value is -0.230. The molecule has 5 heteroatoms. The molecule has 1 aromatic carbocycles. The van der Waals surface area contributed by atoms with Crippen molar-refractivity contribution in [3.8, 4) is 0 Å². The van der Waals surface area contributed by atoms with Gasteiger partial charge < -0.3 is 5.73 Å². The number of aromatic nitrogens is 1. The zero-order valence-electron chi connectivity index (χ0n) is 9.28. The highest BCUT2D eigenvalue weighted by atomic mass is 79.9. The molecule has 90 valence electrons. The second-order valence-electron chi connectivity index (χ2n) is 3.87. The number of aryl methyl sites for hydroxylation is 1. The number of hydrogen-bond acceptors (Lipinski definition) is 3. The standard InChI is InChI=1S/C12H12Br2N2S/c1-7-16-11(6-17-7)5-12(15)8-2-9(13)4-10(14)3-8/h2-4,6,12H,5,15H2,1H3. The Labute approximate surface area is 122 Å². The number of rotatable bonds is 3. The van der Waals surface area contributed by atoms with E-state index < -0.39 is 0 Å². The van der Waals surface area contributed by atoms with Gasteiger partial charge in [0.1, 0.15) is 0 Å². The molecule has 0 aliphatic carbocycles. The SMILES string of the molecule is Cc1nc(CC(N)c2cc(Br)cc(Br)c2)cs1. The normalized spacial score (nSPS) is 12.7. The predicted molar refractivity (Wildman–Crippen MR) is 79.3 cm³/mol. The van der Waals surface area contributed by atoms with Crippen LogP contribution in [0.4, 0.5) is 0 Å². The minimum absolute atomic E-state index is 0.0229. The van der Waals surface area contributed by atoms with Crippen molar-refractivity contribution in [3.63, 3.8) is 0 Å². The van der Waals surface area contributed by atoms with Crippen LogP contribution < -0.4 is 5.73 Å². The summed E-state index contributed by atoms with van der Waals surface area (Å²) in [7, 11) is 0. The topological polar surface area (TPSA) is 38.9 Å². The van der Waals surface area contributed by atoms with E-state index in [4.69, 9.17) is 5.73 Å². The maximum Gasteiger partial charge on any atom is 0.0897 e. The van der Waals surface area contributed by atoms with Gasteiger partial charge in [-0.1, -0.05) is 31.9 Å². The first kappa shape index (κ1) is 13.2. The minimum Gasteiger partial charge on any atom is -0.324 e. The average molecular weight is 376 g/mol. The summed E-state index contributed by atoms with van der Waals surface area (Å²) in [5.74, 6) is 0. The summed E-state index contributed by atoms with van der Waals surface area (Å²) >= 11 is 8.61. The summed E-state index contributed by atoms with van der Waals surface area (Å²) in [5, 5.41) is 3.16. The zero-order chi connectivity index (χ0) is 12.4. The van der Waals surface area contributed by atoms with Crippen molar-refractivity contribution >= 4 is 43.2 Å². The molecule has 1 unspecified atom stereocenters. The fraction of sp³-hybridized carbons (Fsp3) is 0.250. The van der Waals surface area contributed by atoms with E-state index in [0.717, 1.165) is 31.6 Å². The van der Waals surface area contributed by atoms with E-state index in [0.29, 0.717) is 0 Å². The van der Waals surface area contributed by atoms with Gasteiger partial charge >= 0.3 is 0 Å². The fourth-order valence-corrected chi connectivity index (χ4v) is 3.59. The highest BCUT2D eigenvalue weighted by Gasteiger charge is 2.10. The number of nitrogens with two attached hydrogens (primary N) is 1. The lowest BCUT2D eigenvalue weighted by atomic mass is 10.0. The van der Waals surface area contributed by atoms with Gasteiger partial charge in [0.2, 0.25) is 0 Å². The largest absolute Gasteiger partial charge is 0.324 e. The van der Waals surface area contributed by atoms with Crippen molar-refractivity contribution in [1.82, 2.24) is 4.98 Å². The van der Waals surface area contributed by atoms with E-state index in [1.54, 1.807) is 11.3 Å². The second-order valence-corrected chi connectivity index (χ2v) is 6.76. The lowest BCUT2D eigenvalue weighted by molar-refractivity contribution is 0.708. The summed E-state index contributed by atoms with van der Waals surface area (Å²) in [5.41, 5.74) is 8.37. The zero-order valence-corrected chi connectivity index (χ0v) is 13.3. The molecule has 2 rings (SSSR count). The first-order valence-electron chi connectivity index (χ1n) is 5.17. The van der Waals surface area contributed by atoms with Crippen molar-refractivity contribution in [2.24, 2.45) is 5.73 Å². The molecule has 0 bridgehead atoms. The van der Waals surface area contributed by atoms with Crippen LogP contribution in [0, 0.1) is 6.92 Å². The van der Waals surface area contributed by atoms with Gasteiger partial charge in [-0.15, -0.1) is 11.3 Å². The van der Waals surface area contributed by atoms with Crippen LogP contribution in [0.2, 0.25) is 0 Å². The maximum absolute atomic E-state index is 6.20. The van der Waals surface area contributed by atoms with Gasteiger partial charge in [0.15, 0.2) is 0 Å². The quantitative estimate of drug-likeness (QED) is 0.872. The monoisotopic (exact) mass is 374 g/mol. The molecule has 0 spiro atoms. The molecule has 1 atom stereocenters. The molecule has 2 N–H and O–H groups in total. The first-order valence-corrected chi connectivity index (χ1v) is 7.64. The fourth-order valence-electron chi connectivity index (χ4n) is 1.63. The van der Waals surface area contributed by atoms with Crippen LogP contribution in [-0.4, -0.2) is 4.98 Å². The Kier molecular flexibility index (Phi) is 4.36. The highest BCUT2D eigenvalue weighted by molar-refractivity contribution is 9.11. The molecule has 0 aliphatic rings. The molecule has 0 fully saturated rings. The van der Waals surface area contributed by atoms with Gasteiger partial charge in [0.25, 0.3) is 0 Å². The summed E-state index contributed by atoms with van der Waals surface area (Å²) in [4.78, 5) is 4.44. The highest BCUT2D eigenvalue weighted by Crippen LogP contribution is 2.25. The van der Waals surface area contributed by atoms with Crippen LogP contribution in [-0.2, 0) is 6.42 Å². The van der Waals surface area contributed by atoms with E-state index in [1.807, 2.05) is 13.0 Å². The molecule has 0 amide bonds. The first-order chi connectivity index (χ1) is 8.04. The van der Waals surface area contributed by atoms with Crippen LogP contribution in [0.1, 0.15) is 22.3 Å². The Bertz CT molecular complexity index is 505. The number of benzene rings is 1. The average Bonchev–Trinajstić information content (AvgIpc) is 2.62. The van der Waals surface area contributed by atoms with Crippen molar-refractivity contribution in [3.05, 3.63) is 48.8 Å². The van der Waals surface area contributed by atoms with Crippen molar-refractivity contribution in [1.29, 1.82) is 0 Å². The summed E-state index contributed by atoms with van der Waals surface area (Å²) in [6.45, 7) is 2.01. The van der Waals surface area contributed by atoms with E-state index >= 15 is 0 Å². The lowest BCUT2D eigenvalue weighted by Crippen LogP contribution is -2.13. The molecule has 2 aromatic rings. The Morgan fingerprint density at radius 2 is 1.94 bits per heavy atom. The van der Waals surface area contributed by atoms with Crippen LogP contribution >= 0.6 is 43.2 Å². The molecule has 17 heavy (non-hydrogen) atoms. The van der Waals surface area contributed by atoms with E-state index in [2.05, 4.69) is 54.4 Å². The van der Waals surface area contributed by atoms with Gasteiger partial charge in [-0.2, -0.15) is 0 Å². The molecule has 0 saturated carbocycles. The van der Waals surface area contributed by atoms with Gasteiger partial charge in [-0.25, -0.2) is 4.98 Å². The third-order valence-corrected chi connectivity index (χ3v) is 4.15. The number of nitrogens with zero attached hydrogens (tertiary/aromatic N) is 1. The Morgan fingerprint density at radius 1 is 1.29 bits per heavy atom. The van der Waals surface area contributed by atoms with E-state index in [9.17, 15) is 0 Å². The van der Waals surface area contributed by atoms with Crippen LogP contribution in [0.5, 0.6) is 0 Å². The summed E-state index contributed by atoms with van der Waals surface area (Å²) in [6.07, 6.45) is 0.771. The van der Waals surface area contributed by atoms with Gasteiger partial charge in [-0.3, -0.25) is 0 Å².